The zero-order valence-corrected chi connectivity index (χ0v) is 11.6. The molecule has 0 N–H and O–H groups in total. The van der Waals surface area contributed by atoms with Crippen LogP contribution >= 0.6 is 0 Å². The Labute approximate surface area is 117 Å². The van der Waals surface area contributed by atoms with Crippen LogP contribution in [-0.2, 0) is 14.3 Å². The standard InChI is InChI=1S/C14H13NO4S/c1-20(17,18)19-14(11-6-3-2-4-7-11)13(16)12-8-5-9-15-10-12/h2-10,14H,1H3. The van der Waals surface area contributed by atoms with E-state index < -0.39 is 22.0 Å². The largest absolute Gasteiger partial charge is 0.291 e. The van der Waals surface area contributed by atoms with Crippen LogP contribution in [0.4, 0.5) is 0 Å². The average molecular weight is 291 g/mol. The molecule has 20 heavy (non-hydrogen) atoms. The summed E-state index contributed by atoms with van der Waals surface area (Å²) < 4.78 is 27.7. The lowest BCUT2D eigenvalue weighted by Crippen LogP contribution is -2.19. The van der Waals surface area contributed by atoms with Gasteiger partial charge in [0.25, 0.3) is 10.1 Å². The van der Waals surface area contributed by atoms with Gasteiger partial charge in [0, 0.05) is 18.0 Å². The number of Topliss-reactive ketones (excluding diaryl/α,β-unsaturated/α-hetero) is 1. The van der Waals surface area contributed by atoms with Crippen LogP contribution in [0.5, 0.6) is 0 Å². The fourth-order valence-corrected chi connectivity index (χ4v) is 2.26. The molecule has 1 aromatic heterocycles. The van der Waals surface area contributed by atoms with Crippen molar-refractivity contribution in [1.29, 1.82) is 0 Å². The van der Waals surface area contributed by atoms with Crippen LogP contribution in [0.3, 0.4) is 0 Å². The normalized spacial score (nSPS) is 12.8. The van der Waals surface area contributed by atoms with Gasteiger partial charge in [-0.2, -0.15) is 8.42 Å². The van der Waals surface area contributed by atoms with E-state index in [1.807, 2.05) is 0 Å². The molecule has 1 aromatic carbocycles. The molecule has 0 fully saturated rings. The van der Waals surface area contributed by atoms with Crippen LogP contribution in [0.2, 0.25) is 0 Å². The number of rotatable bonds is 5. The predicted molar refractivity (Wildman–Crippen MR) is 73.7 cm³/mol. The summed E-state index contributed by atoms with van der Waals surface area (Å²) in [6, 6.07) is 11.7. The highest BCUT2D eigenvalue weighted by Gasteiger charge is 2.26. The van der Waals surface area contributed by atoms with Crippen molar-refractivity contribution in [2.24, 2.45) is 0 Å². The molecular formula is C14H13NO4S. The molecule has 0 bridgehead atoms. The third-order valence-corrected chi connectivity index (χ3v) is 3.10. The van der Waals surface area contributed by atoms with Crippen LogP contribution in [0, 0.1) is 0 Å². The second kappa shape index (κ2) is 5.94. The molecule has 0 saturated carbocycles. The van der Waals surface area contributed by atoms with Crippen molar-refractivity contribution >= 4 is 15.9 Å². The van der Waals surface area contributed by atoms with Crippen LogP contribution < -0.4 is 0 Å². The number of nitrogens with zero attached hydrogens (tertiary/aromatic N) is 1. The number of hydrogen-bond donors (Lipinski definition) is 0. The van der Waals surface area contributed by atoms with Crippen molar-refractivity contribution in [3.63, 3.8) is 0 Å². The molecule has 1 heterocycles. The summed E-state index contributed by atoms with van der Waals surface area (Å²) in [4.78, 5) is 16.2. The second-order valence-electron chi connectivity index (χ2n) is 4.20. The summed E-state index contributed by atoms with van der Waals surface area (Å²) in [6.07, 6.45) is 2.63. The summed E-state index contributed by atoms with van der Waals surface area (Å²) in [5.41, 5.74) is 0.775. The number of benzene rings is 1. The Morgan fingerprint density at radius 3 is 2.40 bits per heavy atom. The lowest BCUT2D eigenvalue weighted by Gasteiger charge is -2.15. The molecular weight excluding hydrogens is 278 g/mol. The van der Waals surface area contributed by atoms with Crippen LogP contribution in [-0.4, -0.2) is 25.4 Å². The fourth-order valence-electron chi connectivity index (χ4n) is 1.71. The van der Waals surface area contributed by atoms with Gasteiger partial charge in [-0.15, -0.1) is 0 Å². The lowest BCUT2D eigenvalue weighted by molar-refractivity contribution is 0.0802. The first-order valence-corrected chi connectivity index (χ1v) is 7.66. The molecule has 0 aliphatic rings. The zero-order valence-electron chi connectivity index (χ0n) is 10.8. The maximum atomic E-state index is 12.4. The molecule has 0 saturated heterocycles. The smallest absolute Gasteiger partial charge is 0.265 e. The van der Waals surface area contributed by atoms with E-state index in [4.69, 9.17) is 4.18 Å². The molecule has 1 unspecified atom stereocenters. The van der Waals surface area contributed by atoms with E-state index in [9.17, 15) is 13.2 Å². The quantitative estimate of drug-likeness (QED) is 0.622. The van der Waals surface area contributed by atoms with Gasteiger partial charge >= 0.3 is 0 Å². The number of carbonyl (C=O) groups excluding carboxylic acids is 1. The predicted octanol–water partition coefficient (Wildman–Crippen LogP) is 1.98. The molecule has 0 spiro atoms. The van der Waals surface area contributed by atoms with Crippen LogP contribution in [0.1, 0.15) is 22.0 Å². The number of ketones is 1. The first kappa shape index (κ1) is 14.4. The fraction of sp³-hybridized carbons (Fsp3) is 0.143. The molecule has 0 aliphatic carbocycles. The van der Waals surface area contributed by atoms with E-state index >= 15 is 0 Å². The molecule has 0 aliphatic heterocycles. The Balaban J connectivity index is 2.40. The molecule has 2 aromatic rings. The topological polar surface area (TPSA) is 73.3 Å². The van der Waals surface area contributed by atoms with Gasteiger partial charge in [0.1, 0.15) is 0 Å². The van der Waals surface area contributed by atoms with E-state index in [2.05, 4.69) is 4.98 Å². The zero-order chi connectivity index (χ0) is 14.6. The van der Waals surface area contributed by atoms with E-state index in [0.717, 1.165) is 6.26 Å². The molecule has 2 rings (SSSR count). The summed E-state index contributed by atoms with van der Waals surface area (Å²) in [5, 5.41) is 0. The molecule has 0 amide bonds. The second-order valence-corrected chi connectivity index (χ2v) is 5.80. The summed E-state index contributed by atoms with van der Waals surface area (Å²) in [5.74, 6) is -0.449. The Bertz CT molecular complexity index is 684. The van der Waals surface area contributed by atoms with Crippen LogP contribution in [0.15, 0.2) is 54.9 Å². The van der Waals surface area contributed by atoms with Gasteiger partial charge < -0.3 is 0 Å². The summed E-state index contributed by atoms with van der Waals surface area (Å²) in [7, 11) is -3.77. The van der Waals surface area contributed by atoms with Crippen molar-refractivity contribution in [2.45, 2.75) is 6.10 Å². The summed E-state index contributed by atoms with van der Waals surface area (Å²) >= 11 is 0. The maximum absolute atomic E-state index is 12.4. The highest BCUT2D eigenvalue weighted by molar-refractivity contribution is 7.86. The van der Waals surface area contributed by atoms with E-state index in [-0.39, 0.29) is 0 Å². The summed E-state index contributed by atoms with van der Waals surface area (Å²) in [6.45, 7) is 0. The number of carbonyl (C=O) groups is 1. The number of hydrogen-bond acceptors (Lipinski definition) is 5. The minimum absolute atomic E-state index is 0.296. The maximum Gasteiger partial charge on any atom is 0.265 e. The average Bonchev–Trinajstić information content (AvgIpc) is 2.45. The van der Waals surface area contributed by atoms with Gasteiger partial charge in [-0.3, -0.25) is 14.0 Å². The van der Waals surface area contributed by atoms with Crippen molar-refractivity contribution in [2.75, 3.05) is 6.26 Å². The Hall–Kier alpha value is -2.05. The van der Waals surface area contributed by atoms with Crippen molar-refractivity contribution in [1.82, 2.24) is 4.98 Å². The SMILES string of the molecule is CS(=O)(=O)OC(C(=O)c1cccnc1)c1ccccc1. The lowest BCUT2D eigenvalue weighted by atomic mass is 10.0. The highest BCUT2D eigenvalue weighted by Crippen LogP contribution is 2.23. The first-order valence-electron chi connectivity index (χ1n) is 5.85. The van der Waals surface area contributed by atoms with Crippen molar-refractivity contribution in [3.8, 4) is 0 Å². The number of pyridine rings is 1. The molecule has 0 radical (unpaired) electrons. The molecule has 104 valence electrons. The van der Waals surface area contributed by atoms with Gasteiger partial charge in [-0.25, -0.2) is 0 Å². The minimum atomic E-state index is -3.77. The third kappa shape index (κ3) is 3.72. The van der Waals surface area contributed by atoms with E-state index in [1.165, 1.54) is 12.4 Å². The molecule has 1 atom stereocenters. The Morgan fingerprint density at radius 2 is 1.85 bits per heavy atom. The minimum Gasteiger partial charge on any atom is -0.291 e. The van der Waals surface area contributed by atoms with Gasteiger partial charge in [-0.05, 0) is 17.7 Å². The van der Waals surface area contributed by atoms with Gasteiger partial charge in [0.2, 0.25) is 0 Å². The van der Waals surface area contributed by atoms with E-state index in [0.29, 0.717) is 11.1 Å². The van der Waals surface area contributed by atoms with Crippen molar-refractivity contribution < 1.29 is 17.4 Å². The van der Waals surface area contributed by atoms with Gasteiger partial charge in [0.15, 0.2) is 11.9 Å². The Morgan fingerprint density at radius 1 is 1.15 bits per heavy atom. The first-order chi connectivity index (χ1) is 9.47. The van der Waals surface area contributed by atoms with Crippen LogP contribution in [0.25, 0.3) is 0 Å². The third-order valence-electron chi connectivity index (χ3n) is 2.56. The van der Waals surface area contributed by atoms with Gasteiger partial charge in [0.05, 0.1) is 6.26 Å². The van der Waals surface area contributed by atoms with Gasteiger partial charge in [-0.1, -0.05) is 30.3 Å². The molecule has 5 nitrogen and oxygen atoms in total. The monoisotopic (exact) mass is 291 g/mol. The van der Waals surface area contributed by atoms with Crippen molar-refractivity contribution in [3.05, 3.63) is 66.0 Å². The van der Waals surface area contributed by atoms with E-state index in [1.54, 1.807) is 42.5 Å². The number of aromatic nitrogens is 1. The Kier molecular flexibility index (Phi) is 4.26. The molecule has 6 heteroatoms. The highest BCUT2D eigenvalue weighted by atomic mass is 32.2.